The Labute approximate surface area is 111 Å². The second-order valence-corrected chi connectivity index (χ2v) is 4.79. The maximum atomic E-state index is 5.90. The van der Waals surface area contributed by atoms with Crippen LogP contribution in [0.2, 0.25) is 5.02 Å². The number of hydrogen-bond donors (Lipinski definition) is 1. The van der Waals surface area contributed by atoms with Crippen molar-refractivity contribution in [3.05, 3.63) is 53.2 Å². The summed E-state index contributed by atoms with van der Waals surface area (Å²) in [6.45, 7) is 2.78. The minimum Gasteiger partial charge on any atom is -0.380 e. The van der Waals surface area contributed by atoms with Crippen molar-refractivity contribution < 1.29 is 0 Å². The summed E-state index contributed by atoms with van der Waals surface area (Å²) in [5.41, 5.74) is 2.36. The van der Waals surface area contributed by atoms with Gasteiger partial charge >= 0.3 is 0 Å². The molecule has 2 aromatic rings. The zero-order valence-electron chi connectivity index (χ0n) is 9.94. The van der Waals surface area contributed by atoms with Crippen molar-refractivity contribution in [1.29, 1.82) is 0 Å². The lowest BCUT2D eigenvalue weighted by Gasteiger charge is -2.30. The molecule has 3 nitrogen and oxygen atoms in total. The van der Waals surface area contributed by atoms with E-state index in [2.05, 4.69) is 33.4 Å². The smallest absolute Gasteiger partial charge is 0.152 e. The first-order valence-corrected chi connectivity index (χ1v) is 6.39. The van der Waals surface area contributed by atoms with Crippen molar-refractivity contribution in [2.24, 2.45) is 0 Å². The average Bonchev–Trinajstić information content (AvgIpc) is 2.42. The van der Waals surface area contributed by atoms with E-state index in [9.17, 15) is 0 Å². The fourth-order valence-corrected chi connectivity index (χ4v) is 2.31. The van der Waals surface area contributed by atoms with Crippen LogP contribution in [-0.4, -0.2) is 18.1 Å². The number of fused-ring (bicyclic) bond motifs is 1. The first-order valence-electron chi connectivity index (χ1n) is 6.01. The van der Waals surface area contributed by atoms with E-state index in [0.29, 0.717) is 0 Å². The largest absolute Gasteiger partial charge is 0.380 e. The molecule has 0 atom stereocenters. The van der Waals surface area contributed by atoms with Gasteiger partial charge in [-0.1, -0.05) is 23.7 Å². The quantitative estimate of drug-likeness (QED) is 0.898. The monoisotopic (exact) mass is 259 g/mol. The van der Waals surface area contributed by atoms with Crippen molar-refractivity contribution in [2.45, 2.75) is 6.54 Å². The Kier molecular flexibility index (Phi) is 3.07. The van der Waals surface area contributed by atoms with E-state index in [1.165, 1.54) is 5.56 Å². The Morgan fingerprint density at radius 1 is 1.22 bits per heavy atom. The molecule has 0 bridgehead atoms. The molecule has 4 heteroatoms. The van der Waals surface area contributed by atoms with Crippen LogP contribution >= 0.6 is 11.6 Å². The number of nitrogens with one attached hydrogen (secondary N) is 1. The molecule has 1 N–H and O–H groups in total. The lowest BCUT2D eigenvalue weighted by atomic mass is 10.2. The van der Waals surface area contributed by atoms with Gasteiger partial charge in [-0.3, -0.25) is 0 Å². The Bertz CT molecular complexity index is 539. The Balaban J connectivity index is 1.84. The van der Waals surface area contributed by atoms with E-state index in [-0.39, 0.29) is 0 Å². The average molecular weight is 260 g/mol. The zero-order valence-corrected chi connectivity index (χ0v) is 10.7. The van der Waals surface area contributed by atoms with Gasteiger partial charge in [-0.05, 0) is 29.8 Å². The van der Waals surface area contributed by atoms with Gasteiger partial charge in [-0.15, -0.1) is 0 Å². The van der Waals surface area contributed by atoms with Gasteiger partial charge in [0.1, 0.15) is 0 Å². The van der Waals surface area contributed by atoms with Crippen LogP contribution in [0.25, 0.3) is 0 Å². The first-order chi connectivity index (χ1) is 8.83. The minimum absolute atomic E-state index is 0.776. The van der Waals surface area contributed by atoms with E-state index in [0.717, 1.165) is 36.2 Å². The highest BCUT2D eigenvalue weighted by Crippen LogP contribution is 2.27. The number of halogens is 1. The van der Waals surface area contributed by atoms with Gasteiger partial charge in [-0.25, -0.2) is 4.98 Å². The molecule has 0 unspecified atom stereocenters. The molecule has 0 radical (unpaired) electrons. The normalized spacial score (nSPS) is 13.9. The van der Waals surface area contributed by atoms with Crippen molar-refractivity contribution in [3.8, 4) is 0 Å². The molecule has 0 saturated carbocycles. The Morgan fingerprint density at radius 2 is 2.06 bits per heavy atom. The highest BCUT2D eigenvalue weighted by molar-refractivity contribution is 6.30. The third-order valence-corrected chi connectivity index (χ3v) is 3.32. The first kappa shape index (κ1) is 11.4. The summed E-state index contributed by atoms with van der Waals surface area (Å²) in [5, 5.41) is 4.14. The van der Waals surface area contributed by atoms with Crippen molar-refractivity contribution >= 4 is 23.1 Å². The van der Waals surface area contributed by atoms with Gasteiger partial charge < -0.3 is 10.2 Å². The molecule has 1 aromatic carbocycles. The molecule has 0 amide bonds. The number of aromatic nitrogens is 1. The number of pyridine rings is 1. The standard InChI is InChI=1S/C14H14ClN3/c15-12-5-3-11(4-6-12)10-18-9-8-16-13-2-1-7-17-14(13)18/h1-7,16H,8-10H2. The molecular weight excluding hydrogens is 246 g/mol. The van der Waals surface area contributed by atoms with Gasteiger partial charge in [0, 0.05) is 30.9 Å². The van der Waals surface area contributed by atoms with E-state index in [4.69, 9.17) is 11.6 Å². The number of hydrogen-bond acceptors (Lipinski definition) is 3. The van der Waals surface area contributed by atoms with Gasteiger partial charge in [0.05, 0.1) is 5.69 Å². The molecule has 0 spiro atoms. The predicted octanol–water partition coefficient (Wildman–Crippen LogP) is 3.17. The van der Waals surface area contributed by atoms with E-state index in [1.54, 1.807) is 0 Å². The zero-order chi connectivity index (χ0) is 12.4. The van der Waals surface area contributed by atoms with Crippen molar-refractivity contribution in [1.82, 2.24) is 4.98 Å². The highest BCUT2D eigenvalue weighted by Gasteiger charge is 2.17. The highest BCUT2D eigenvalue weighted by atomic mass is 35.5. The molecule has 92 valence electrons. The van der Waals surface area contributed by atoms with Gasteiger partial charge in [0.2, 0.25) is 0 Å². The summed E-state index contributed by atoms with van der Waals surface area (Å²) in [4.78, 5) is 6.74. The fourth-order valence-electron chi connectivity index (χ4n) is 2.18. The molecule has 1 aliphatic heterocycles. The lowest BCUT2D eigenvalue weighted by molar-refractivity contribution is 0.770. The van der Waals surface area contributed by atoms with Gasteiger partial charge in [0.25, 0.3) is 0 Å². The van der Waals surface area contributed by atoms with E-state index in [1.807, 2.05) is 24.4 Å². The van der Waals surface area contributed by atoms with E-state index < -0.39 is 0 Å². The second kappa shape index (κ2) is 4.86. The molecule has 2 heterocycles. The third kappa shape index (κ3) is 2.27. The van der Waals surface area contributed by atoms with Gasteiger partial charge in [0.15, 0.2) is 5.82 Å². The van der Waals surface area contributed by atoms with Crippen LogP contribution in [0.1, 0.15) is 5.56 Å². The van der Waals surface area contributed by atoms with Crippen LogP contribution in [0.5, 0.6) is 0 Å². The van der Waals surface area contributed by atoms with Crippen LogP contribution < -0.4 is 10.2 Å². The fraction of sp³-hybridized carbons (Fsp3) is 0.214. The van der Waals surface area contributed by atoms with Gasteiger partial charge in [-0.2, -0.15) is 0 Å². The van der Waals surface area contributed by atoms with Crippen molar-refractivity contribution in [3.63, 3.8) is 0 Å². The molecule has 1 aliphatic rings. The van der Waals surface area contributed by atoms with Crippen LogP contribution in [-0.2, 0) is 6.54 Å². The lowest BCUT2D eigenvalue weighted by Crippen LogP contribution is -2.34. The Hall–Kier alpha value is -1.74. The second-order valence-electron chi connectivity index (χ2n) is 4.35. The minimum atomic E-state index is 0.776. The SMILES string of the molecule is Clc1ccc(CN2CCNc3cccnc32)cc1. The molecule has 0 saturated heterocycles. The third-order valence-electron chi connectivity index (χ3n) is 3.07. The molecule has 0 aliphatic carbocycles. The van der Waals surface area contributed by atoms with Crippen LogP contribution in [0, 0.1) is 0 Å². The van der Waals surface area contributed by atoms with E-state index >= 15 is 0 Å². The molecular formula is C14H14ClN3. The Morgan fingerprint density at radius 3 is 2.89 bits per heavy atom. The van der Waals surface area contributed by atoms with Crippen LogP contribution in [0.4, 0.5) is 11.5 Å². The molecule has 0 fully saturated rings. The molecule has 1 aromatic heterocycles. The summed E-state index contributed by atoms with van der Waals surface area (Å²) in [6, 6.07) is 12.0. The number of rotatable bonds is 2. The summed E-state index contributed by atoms with van der Waals surface area (Å²) in [6.07, 6.45) is 1.83. The number of nitrogens with zero attached hydrogens (tertiary/aromatic N) is 2. The summed E-state index contributed by atoms with van der Waals surface area (Å²) >= 11 is 5.90. The van der Waals surface area contributed by atoms with Crippen molar-refractivity contribution in [2.75, 3.05) is 23.3 Å². The van der Waals surface area contributed by atoms with Crippen LogP contribution in [0.15, 0.2) is 42.6 Å². The maximum Gasteiger partial charge on any atom is 0.152 e. The maximum absolute atomic E-state index is 5.90. The topological polar surface area (TPSA) is 28.2 Å². The van der Waals surface area contributed by atoms with Crippen LogP contribution in [0.3, 0.4) is 0 Å². The molecule has 3 rings (SSSR count). The number of anilines is 2. The number of benzene rings is 1. The predicted molar refractivity (Wildman–Crippen MR) is 75.2 cm³/mol. The summed E-state index contributed by atoms with van der Waals surface area (Å²) in [7, 11) is 0. The summed E-state index contributed by atoms with van der Waals surface area (Å²) < 4.78 is 0. The summed E-state index contributed by atoms with van der Waals surface area (Å²) in [5.74, 6) is 1.03. The molecule has 18 heavy (non-hydrogen) atoms.